The summed E-state index contributed by atoms with van der Waals surface area (Å²) in [7, 11) is 1.47. The van der Waals surface area contributed by atoms with Crippen LogP contribution in [0.15, 0.2) is 0 Å². The van der Waals surface area contributed by atoms with Crippen molar-refractivity contribution >= 4 is 11.8 Å². The Morgan fingerprint density at radius 2 is 1.90 bits per heavy atom. The van der Waals surface area contributed by atoms with Crippen LogP contribution in [0.3, 0.4) is 0 Å². The van der Waals surface area contributed by atoms with Gasteiger partial charge in [0, 0.05) is 19.3 Å². The fourth-order valence-electron chi connectivity index (χ4n) is 8.64. The van der Waals surface area contributed by atoms with Crippen molar-refractivity contribution in [1.82, 2.24) is 0 Å². The molecule has 0 amide bonds. The van der Waals surface area contributed by atoms with Crippen molar-refractivity contribution in [2.75, 3.05) is 7.11 Å². The van der Waals surface area contributed by atoms with Gasteiger partial charge in [0.1, 0.15) is 5.78 Å². The lowest BCUT2D eigenvalue weighted by Gasteiger charge is -2.62. The lowest BCUT2D eigenvalue weighted by Crippen LogP contribution is -2.58. The van der Waals surface area contributed by atoms with E-state index in [2.05, 4.69) is 20.8 Å². The maximum atomic E-state index is 12.1. The van der Waals surface area contributed by atoms with Gasteiger partial charge in [-0.05, 0) is 91.3 Å². The standard InChI is InChI=1S/C25H40O4/c1-15(5-8-22(28)29-4)18-6-7-19-23-20(10-12-25(18,19)3)24(2)11-9-17(26)13-16(24)14-21(23)27/h15-16,18-21,23,27H,5-14H2,1-4H3/t15-,16+,18-,19+,20+,21-,23+,24+,25-/m1/s1. The molecule has 4 aliphatic rings. The number of carbonyl (C=O) groups excluding carboxylic acids is 2. The number of Topliss-reactive ketones (excluding diaryl/α,β-unsaturated/α-hetero) is 1. The van der Waals surface area contributed by atoms with Crippen molar-refractivity contribution in [3.8, 4) is 0 Å². The molecule has 164 valence electrons. The summed E-state index contributed by atoms with van der Waals surface area (Å²) in [5, 5.41) is 11.3. The van der Waals surface area contributed by atoms with Gasteiger partial charge >= 0.3 is 5.97 Å². The number of aliphatic hydroxyl groups excluding tert-OH is 1. The van der Waals surface area contributed by atoms with Crippen molar-refractivity contribution in [1.29, 1.82) is 0 Å². The molecule has 0 aromatic rings. The maximum absolute atomic E-state index is 12.1. The van der Waals surface area contributed by atoms with Crippen LogP contribution >= 0.6 is 0 Å². The smallest absolute Gasteiger partial charge is 0.305 e. The fraction of sp³-hybridized carbons (Fsp3) is 0.920. The predicted molar refractivity (Wildman–Crippen MR) is 112 cm³/mol. The first-order chi connectivity index (χ1) is 13.7. The first kappa shape index (κ1) is 21.3. The van der Waals surface area contributed by atoms with Crippen LogP contribution in [-0.2, 0) is 14.3 Å². The number of ether oxygens (including phenoxy) is 1. The molecule has 4 rings (SSSR count). The second-order valence-corrected chi connectivity index (χ2v) is 11.4. The summed E-state index contributed by atoms with van der Waals surface area (Å²) in [4.78, 5) is 23.7. The van der Waals surface area contributed by atoms with Crippen LogP contribution in [0.5, 0.6) is 0 Å². The normalized spacial score (nSPS) is 47.7. The molecule has 4 aliphatic carbocycles. The number of fused-ring (bicyclic) bond motifs is 5. The van der Waals surface area contributed by atoms with Crippen LogP contribution in [0.4, 0.5) is 0 Å². The number of esters is 1. The average molecular weight is 405 g/mol. The van der Waals surface area contributed by atoms with E-state index in [1.807, 2.05) is 0 Å². The molecule has 0 aliphatic heterocycles. The van der Waals surface area contributed by atoms with Gasteiger partial charge in [-0.2, -0.15) is 0 Å². The highest BCUT2D eigenvalue weighted by Crippen LogP contribution is 2.68. The number of ketones is 1. The second-order valence-electron chi connectivity index (χ2n) is 11.4. The molecule has 4 nitrogen and oxygen atoms in total. The lowest BCUT2D eigenvalue weighted by atomic mass is 9.44. The quantitative estimate of drug-likeness (QED) is 0.685. The second kappa shape index (κ2) is 7.66. The van der Waals surface area contributed by atoms with Crippen molar-refractivity contribution in [3.63, 3.8) is 0 Å². The van der Waals surface area contributed by atoms with Crippen LogP contribution in [0.25, 0.3) is 0 Å². The van der Waals surface area contributed by atoms with Gasteiger partial charge in [-0.1, -0.05) is 20.8 Å². The van der Waals surface area contributed by atoms with E-state index < -0.39 is 0 Å². The number of hydrogen-bond acceptors (Lipinski definition) is 4. The summed E-state index contributed by atoms with van der Waals surface area (Å²) in [6.45, 7) is 7.22. The maximum Gasteiger partial charge on any atom is 0.305 e. The first-order valence-electron chi connectivity index (χ1n) is 12.0. The molecular weight excluding hydrogens is 364 g/mol. The molecule has 0 aromatic heterocycles. The average Bonchev–Trinajstić information content (AvgIpc) is 3.04. The molecule has 0 saturated heterocycles. The molecule has 4 saturated carbocycles. The minimum Gasteiger partial charge on any atom is -0.469 e. The van der Waals surface area contributed by atoms with Gasteiger partial charge < -0.3 is 9.84 Å². The Morgan fingerprint density at radius 3 is 2.62 bits per heavy atom. The highest BCUT2D eigenvalue weighted by molar-refractivity contribution is 5.79. The molecule has 4 heteroatoms. The van der Waals surface area contributed by atoms with Crippen LogP contribution in [0.1, 0.15) is 85.0 Å². The molecule has 29 heavy (non-hydrogen) atoms. The van der Waals surface area contributed by atoms with E-state index in [1.165, 1.54) is 32.8 Å². The van der Waals surface area contributed by atoms with E-state index in [0.29, 0.717) is 54.1 Å². The van der Waals surface area contributed by atoms with Crippen molar-refractivity contribution in [2.24, 2.45) is 46.3 Å². The van der Waals surface area contributed by atoms with Crippen molar-refractivity contribution in [3.05, 3.63) is 0 Å². The van der Waals surface area contributed by atoms with Gasteiger partial charge in [0.05, 0.1) is 13.2 Å². The zero-order valence-corrected chi connectivity index (χ0v) is 18.8. The highest BCUT2D eigenvalue weighted by Gasteiger charge is 2.62. The zero-order chi connectivity index (χ0) is 21.0. The van der Waals surface area contributed by atoms with E-state index in [1.54, 1.807) is 0 Å². The monoisotopic (exact) mass is 404 g/mol. The van der Waals surface area contributed by atoms with Gasteiger partial charge in [0.15, 0.2) is 0 Å². The van der Waals surface area contributed by atoms with Gasteiger partial charge in [-0.15, -0.1) is 0 Å². The Balaban J connectivity index is 1.53. The highest BCUT2D eigenvalue weighted by atomic mass is 16.5. The number of hydrogen-bond donors (Lipinski definition) is 1. The number of rotatable bonds is 4. The van der Waals surface area contributed by atoms with Crippen LogP contribution in [0, 0.1) is 46.3 Å². The third kappa shape index (κ3) is 3.38. The third-order valence-electron chi connectivity index (χ3n) is 10.3. The summed E-state index contributed by atoms with van der Waals surface area (Å²) in [6, 6.07) is 0. The van der Waals surface area contributed by atoms with E-state index in [0.717, 1.165) is 25.7 Å². The van der Waals surface area contributed by atoms with E-state index in [-0.39, 0.29) is 22.9 Å². The van der Waals surface area contributed by atoms with Crippen LogP contribution in [-0.4, -0.2) is 30.1 Å². The summed E-state index contributed by atoms with van der Waals surface area (Å²) in [5.41, 5.74) is 0.499. The van der Waals surface area contributed by atoms with Gasteiger partial charge in [-0.25, -0.2) is 0 Å². The summed E-state index contributed by atoms with van der Waals surface area (Å²) >= 11 is 0. The Labute approximate surface area is 176 Å². The zero-order valence-electron chi connectivity index (χ0n) is 18.8. The molecule has 0 bridgehead atoms. The van der Waals surface area contributed by atoms with Crippen LogP contribution in [0.2, 0.25) is 0 Å². The predicted octanol–water partition coefficient (Wildman–Crippen LogP) is 4.77. The van der Waals surface area contributed by atoms with Gasteiger partial charge in [-0.3, -0.25) is 9.59 Å². The summed E-state index contributed by atoms with van der Waals surface area (Å²) in [5.74, 6) is 3.35. The van der Waals surface area contributed by atoms with Crippen molar-refractivity contribution < 1.29 is 19.4 Å². The molecule has 0 spiro atoms. The van der Waals surface area contributed by atoms with Gasteiger partial charge in [0.2, 0.25) is 0 Å². The Bertz CT molecular complexity index is 659. The van der Waals surface area contributed by atoms with E-state index in [4.69, 9.17) is 4.74 Å². The van der Waals surface area contributed by atoms with E-state index in [9.17, 15) is 14.7 Å². The third-order valence-corrected chi connectivity index (χ3v) is 10.3. The summed E-state index contributed by atoms with van der Waals surface area (Å²) in [6.07, 6.45) is 9.27. The SMILES string of the molecule is COC(=O)CC[C@@H](C)[C@H]1CC[C@H]2[C@@H]3[C@H](O)C[C@@H]4CC(=O)CC[C@]4(C)[C@H]3CC[C@]12C. The Hall–Kier alpha value is -0.900. The molecule has 4 fully saturated rings. The van der Waals surface area contributed by atoms with Gasteiger partial charge in [0.25, 0.3) is 0 Å². The minimum absolute atomic E-state index is 0.103. The first-order valence-corrected chi connectivity index (χ1v) is 12.0. The van der Waals surface area contributed by atoms with Crippen LogP contribution < -0.4 is 0 Å². The molecule has 0 radical (unpaired) electrons. The Morgan fingerprint density at radius 1 is 1.17 bits per heavy atom. The van der Waals surface area contributed by atoms with E-state index >= 15 is 0 Å². The number of methoxy groups -OCH3 is 1. The lowest BCUT2D eigenvalue weighted by molar-refractivity contribution is -0.169. The molecule has 0 unspecified atom stereocenters. The molecule has 1 N–H and O–H groups in total. The summed E-state index contributed by atoms with van der Waals surface area (Å²) < 4.78 is 4.85. The number of carbonyl (C=O) groups is 2. The number of aliphatic hydroxyl groups is 1. The Kier molecular flexibility index (Phi) is 5.63. The minimum atomic E-state index is -0.252. The molecule has 0 heterocycles. The molecule has 0 aromatic carbocycles. The topological polar surface area (TPSA) is 63.6 Å². The largest absolute Gasteiger partial charge is 0.469 e. The molecular formula is C25H40O4. The van der Waals surface area contributed by atoms with Crippen molar-refractivity contribution in [2.45, 2.75) is 91.1 Å². The molecule has 9 atom stereocenters. The fourth-order valence-corrected chi connectivity index (χ4v) is 8.64.